The van der Waals surface area contributed by atoms with Crippen LogP contribution in [0.1, 0.15) is 24.1 Å². The van der Waals surface area contributed by atoms with E-state index in [4.69, 9.17) is 15.9 Å². The van der Waals surface area contributed by atoms with E-state index in [1.165, 1.54) is 6.07 Å². The number of halogens is 3. The van der Waals surface area contributed by atoms with E-state index in [1.54, 1.807) is 42.5 Å². The molecular formula is C22H21F3N6O2. The number of nitrogens with one attached hydrogen (secondary N) is 2. The Bertz CT molecular complexity index is 1170. The molecule has 0 atom stereocenters. The van der Waals surface area contributed by atoms with Crippen LogP contribution in [-0.2, 0) is 12.7 Å². The number of rotatable bonds is 5. The second-order valence-electron chi connectivity index (χ2n) is 7.41. The van der Waals surface area contributed by atoms with Crippen molar-refractivity contribution in [1.82, 2.24) is 9.78 Å². The lowest BCUT2D eigenvalue weighted by molar-refractivity contribution is -0.141. The molecule has 2 heterocycles. The van der Waals surface area contributed by atoms with Crippen molar-refractivity contribution in [2.45, 2.75) is 25.6 Å². The van der Waals surface area contributed by atoms with Gasteiger partial charge in [0.2, 0.25) is 5.88 Å². The average Bonchev–Trinajstić information content (AvgIpc) is 3.40. The summed E-state index contributed by atoms with van der Waals surface area (Å²) in [5, 5.41) is 14.0. The lowest BCUT2D eigenvalue weighted by Crippen LogP contribution is -2.23. The van der Waals surface area contributed by atoms with Crippen LogP contribution in [0.4, 0.5) is 29.3 Å². The Morgan fingerprint density at radius 3 is 2.55 bits per heavy atom. The molecule has 4 rings (SSSR count). The molecule has 11 heteroatoms. The SMILES string of the molecule is N=C1CCCN1c1ccc(NC(=O)Oc2cc(C(F)(F)F)nn2-c2cccc(CN)c2)cc1. The minimum atomic E-state index is -4.72. The van der Waals surface area contributed by atoms with E-state index in [0.717, 1.165) is 23.3 Å². The van der Waals surface area contributed by atoms with Crippen molar-refractivity contribution in [3.8, 4) is 11.6 Å². The summed E-state index contributed by atoms with van der Waals surface area (Å²) >= 11 is 0. The van der Waals surface area contributed by atoms with Gasteiger partial charge in [-0.25, -0.2) is 4.79 Å². The Hall–Kier alpha value is -3.86. The highest BCUT2D eigenvalue weighted by Gasteiger charge is 2.36. The highest BCUT2D eigenvalue weighted by atomic mass is 19.4. The van der Waals surface area contributed by atoms with E-state index in [9.17, 15) is 18.0 Å². The maximum absolute atomic E-state index is 13.2. The minimum Gasteiger partial charge on any atom is -0.391 e. The summed E-state index contributed by atoms with van der Waals surface area (Å²) in [6, 6.07) is 13.9. The van der Waals surface area contributed by atoms with E-state index in [1.807, 2.05) is 4.90 Å². The molecule has 1 saturated heterocycles. The number of ether oxygens (including phenoxy) is 1. The van der Waals surface area contributed by atoms with E-state index in [2.05, 4.69) is 10.4 Å². The number of anilines is 2. The number of hydrogen-bond donors (Lipinski definition) is 3. The van der Waals surface area contributed by atoms with Crippen LogP contribution in [0.2, 0.25) is 0 Å². The van der Waals surface area contributed by atoms with Crippen molar-refractivity contribution < 1.29 is 22.7 Å². The normalized spacial score (nSPS) is 13.9. The zero-order valence-corrected chi connectivity index (χ0v) is 17.4. The third-order valence-electron chi connectivity index (χ3n) is 5.10. The van der Waals surface area contributed by atoms with Crippen molar-refractivity contribution in [3.05, 3.63) is 65.9 Å². The van der Waals surface area contributed by atoms with Gasteiger partial charge < -0.3 is 15.4 Å². The fourth-order valence-electron chi connectivity index (χ4n) is 3.50. The first-order chi connectivity index (χ1) is 15.7. The second-order valence-corrected chi connectivity index (χ2v) is 7.41. The van der Waals surface area contributed by atoms with Crippen LogP contribution in [0.3, 0.4) is 0 Å². The molecule has 0 bridgehead atoms. The van der Waals surface area contributed by atoms with Crippen LogP contribution in [0.5, 0.6) is 5.88 Å². The molecule has 0 aliphatic carbocycles. The molecule has 1 amide bonds. The molecular weight excluding hydrogens is 437 g/mol. The number of carbonyl (C=O) groups excluding carboxylic acids is 1. The van der Waals surface area contributed by atoms with Crippen molar-refractivity contribution >= 4 is 23.3 Å². The quantitative estimate of drug-likeness (QED) is 0.520. The first kappa shape index (κ1) is 22.3. The van der Waals surface area contributed by atoms with Crippen molar-refractivity contribution in [2.75, 3.05) is 16.8 Å². The summed E-state index contributed by atoms with van der Waals surface area (Å²) in [5.41, 5.74) is 6.59. The smallest absolute Gasteiger partial charge is 0.391 e. The monoisotopic (exact) mass is 458 g/mol. The Labute approximate surface area is 187 Å². The molecule has 0 unspecified atom stereocenters. The number of hydrogen-bond acceptors (Lipinski definition) is 5. The molecule has 33 heavy (non-hydrogen) atoms. The molecule has 0 spiro atoms. The fourth-order valence-corrected chi connectivity index (χ4v) is 3.50. The van der Waals surface area contributed by atoms with Gasteiger partial charge in [-0.15, -0.1) is 0 Å². The number of alkyl halides is 3. The van der Waals surface area contributed by atoms with Gasteiger partial charge in [-0.2, -0.15) is 23.0 Å². The fraction of sp³-hybridized carbons (Fsp3) is 0.227. The summed E-state index contributed by atoms with van der Waals surface area (Å²) in [6.07, 6.45) is -4.06. The summed E-state index contributed by atoms with van der Waals surface area (Å²) in [7, 11) is 0. The minimum absolute atomic E-state index is 0.185. The standard InChI is InChI=1S/C22H21F3N6O2/c23-22(24,25)18-12-20(31(29-18)17-4-1-3-14(11-17)13-26)33-21(32)28-15-6-8-16(9-7-15)30-10-2-5-19(30)27/h1,3-4,6-9,11-12,27H,2,5,10,13,26H2,(H,28,32). The number of amides is 1. The number of benzene rings is 2. The molecule has 172 valence electrons. The predicted molar refractivity (Wildman–Crippen MR) is 117 cm³/mol. The molecule has 1 aromatic heterocycles. The molecule has 1 aliphatic rings. The highest BCUT2D eigenvalue weighted by molar-refractivity contribution is 5.97. The van der Waals surface area contributed by atoms with E-state index >= 15 is 0 Å². The lowest BCUT2D eigenvalue weighted by atomic mass is 10.2. The number of carbonyl (C=O) groups is 1. The van der Waals surface area contributed by atoms with Crippen molar-refractivity contribution in [1.29, 1.82) is 5.41 Å². The number of nitrogens with zero attached hydrogens (tertiary/aromatic N) is 3. The lowest BCUT2D eigenvalue weighted by Gasteiger charge is -2.18. The third kappa shape index (κ3) is 4.98. The average molecular weight is 458 g/mol. The number of nitrogens with two attached hydrogens (primary N) is 1. The molecule has 0 saturated carbocycles. The Balaban J connectivity index is 1.53. The molecule has 2 aromatic carbocycles. The summed E-state index contributed by atoms with van der Waals surface area (Å²) in [5.74, 6) is 0.138. The van der Waals surface area contributed by atoms with Crippen LogP contribution < -0.4 is 20.7 Å². The Kier molecular flexibility index (Phi) is 6.05. The topological polar surface area (TPSA) is 109 Å². The van der Waals surface area contributed by atoms with Gasteiger partial charge in [0.1, 0.15) is 5.84 Å². The molecule has 1 aliphatic heterocycles. The van der Waals surface area contributed by atoms with Gasteiger partial charge in [0.15, 0.2) is 5.69 Å². The largest absolute Gasteiger partial charge is 0.435 e. The molecule has 4 N–H and O–H groups in total. The van der Waals surface area contributed by atoms with Gasteiger partial charge in [0.25, 0.3) is 0 Å². The molecule has 3 aromatic rings. The van der Waals surface area contributed by atoms with Gasteiger partial charge in [0.05, 0.1) is 5.69 Å². The summed E-state index contributed by atoms with van der Waals surface area (Å²) in [6.45, 7) is 0.940. The maximum atomic E-state index is 13.2. The van der Waals surface area contributed by atoms with Crippen LogP contribution in [0.15, 0.2) is 54.6 Å². The first-order valence-corrected chi connectivity index (χ1v) is 10.1. The van der Waals surface area contributed by atoms with Gasteiger partial charge in [-0.3, -0.25) is 10.7 Å². The zero-order chi connectivity index (χ0) is 23.6. The van der Waals surface area contributed by atoms with Gasteiger partial charge in [-0.1, -0.05) is 12.1 Å². The van der Waals surface area contributed by atoms with Crippen LogP contribution in [0, 0.1) is 5.41 Å². The van der Waals surface area contributed by atoms with Gasteiger partial charge >= 0.3 is 12.3 Å². The summed E-state index contributed by atoms with van der Waals surface area (Å²) in [4.78, 5) is 14.3. The van der Waals surface area contributed by atoms with Crippen LogP contribution >= 0.6 is 0 Å². The highest BCUT2D eigenvalue weighted by Crippen LogP contribution is 2.32. The molecule has 8 nitrogen and oxygen atoms in total. The summed E-state index contributed by atoms with van der Waals surface area (Å²) < 4.78 is 45.8. The number of aromatic nitrogens is 2. The zero-order valence-electron chi connectivity index (χ0n) is 17.4. The maximum Gasteiger partial charge on any atom is 0.435 e. The van der Waals surface area contributed by atoms with Crippen molar-refractivity contribution in [2.24, 2.45) is 5.73 Å². The number of amidine groups is 1. The Morgan fingerprint density at radius 1 is 1.15 bits per heavy atom. The van der Waals surface area contributed by atoms with E-state index in [0.29, 0.717) is 29.6 Å². The van der Waals surface area contributed by atoms with Crippen molar-refractivity contribution in [3.63, 3.8) is 0 Å². The first-order valence-electron chi connectivity index (χ1n) is 10.1. The second kappa shape index (κ2) is 8.94. The van der Waals surface area contributed by atoms with Crippen LogP contribution in [-0.4, -0.2) is 28.3 Å². The van der Waals surface area contributed by atoms with E-state index in [-0.39, 0.29) is 12.2 Å². The molecule has 1 fully saturated rings. The third-order valence-corrected chi connectivity index (χ3v) is 5.10. The Morgan fingerprint density at radius 2 is 1.91 bits per heavy atom. The molecule has 0 radical (unpaired) electrons. The van der Waals surface area contributed by atoms with Crippen LogP contribution in [0.25, 0.3) is 5.69 Å². The van der Waals surface area contributed by atoms with E-state index < -0.39 is 23.8 Å². The van der Waals surface area contributed by atoms with Gasteiger partial charge in [0, 0.05) is 37.0 Å². The van der Waals surface area contributed by atoms with Gasteiger partial charge in [-0.05, 0) is 48.4 Å². The predicted octanol–water partition coefficient (Wildman–Crippen LogP) is 4.54.